The van der Waals surface area contributed by atoms with Crippen molar-refractivity contribution in [1.82, 2.24) is 10.2 Å². The minimum Gasteiger partial charge on any atom is -0.354 e. The first-order valence-corrected chi connectivity index (χ1v) is 6.79. The zero-order valence-electron chi connectivity index (χ0n) is 10.5. The van der Waals surface area contributed by atoms with Crippen LogP contribution in [0.25, 0.3) is 0 Å². The number of rotatable bonds is 2. The number of nitrogens with one attached hydrogen (secondary N) is 1. The smallest absolute Gasteiger partial charge is 0.284 e. The Bertz CT molecular complexity index is 576. The topological polar surface area (TPSA) is 92.5 Å². The molecule has 0 radical (unpaired) electrons. The molecule has 1 N–H and O–H groups in total. The zero-order chi connectivity index (χ0) is 14.7. The van der Waals surface area contributed by atoms with Gasteiger partial charge in [-0.3, -0.25) is 19.7 Å². The average Bonchev–Trinajstić information content (AvgIpc) is 2.63. The largest absolute Gasteiger partial charge is 0.354 e. The van der Waals surface area contributed by atoms with E-state index in [2.05, 4.69) is 21.2 Å². The lowest BCUT2D eigenvalue weighted by atomic mass is 10.1. The van der Waals surface area contributed by atoms with Crippen LogP contribution in [-0.4, -0.2) is 41.3 Å². The Kier molecular flexibility index (Phi) is 4.33. The molecular formula is C12H12BrN3O4. The highest BCUT2D eigenvalue weighted by Gasteiger charge is 2.25. The monoisotopic (exact) mass is 341 g/mol. The minimum absolute atomic E-state index is 0.0987. The van der Waals surface area contributed by atoms with E-state index in [1.807, 2.05) is 0 Å². The van der Waals surface area contributed by atoms with E-state index < -0.39 is 4.92 Å². The van der Waals surface area contributed by atoms with Crippen molar-refractivity contribution in [2.45, 2.75) is 6.42 Å². The van der Waals surface area contributed by atoms with Crippen LogP contribution in [0, 0.1) is 10.1 Å². The molecule has 0 bridgehead atoms. The van der Waals surface area contributed by atoms with Gasteiger partial charge in [-0.05, 0) is 22.0 Å². The number of nitrogens with zero attached hydrogens (tertiary/aromatic N) is 2. The summed E-state index contributed by atoms with van der Waals surface area (Å²) in [6, 6.07) is 4.32. The van der Waals surface area contributed by atoms with E-state index in [0.717, 1.165) is 0 Å². The fourth-order valence-electron chi connectivity index (χ4n) is 1.97. The van der Waals surface area contributed by atoms with Gasteiger partial charge >= 0.3 is 0 Å². The second-order valence-corrected chi connectivity index (χ2v) is 5.08. The second-order valence-electron chi connectivity index (χ2n) is 4.29. The van der Waals surface area contributed by atoms with E-state index in [1.54, 1.807) is 0 Å². The third-order valence-electron chi connectivity index (χ3n) is 3.01. The van der Waals surface area contributed by atoms with Crippen LogP contribution in [0.4, 0.5) is 5.69 Å². The van der Waals surface area contributed by atoms with Crippen molar-refractivity contribution in [3.05, 3.63) is 38.3 Å². The molecule has 20 heavy (non-hydrogen) atoms. The van der Waals surface area contributed by atoms with Gasteiger partial charge in [-0.1, -0.05) is 6.07 Å². The Morgan fingerprint density at radius 3 is 2.85 bits per heavy atom. The third-order valence-corrected chi connectivity index (χ3v) is 3.84. The van der Waals surface area contributed by atoms with Crippen LogP contribution in [0.15, 0.2) is 22.7 Å². The predicted octanol–water partition coefficient (Wildman–Crippen LogP) is 1.32. The lowest BCUT2D eigenvalue weighted by molar-refractivity contribution is -0.385. The summed E-state index contributed by atoms with van der Waals surface area (Å²) in [5.41, 5.74) is 0.0772. The van der Waals surface area contributed by atoms with Crippen molar-refractivity contribution in [3.63, 3.8) is 0 Å². The van der Waals surface area contributed by atoms with Gasteiger partial charge in [0.2, 0.25) is 5.91 Å². The maximum Gasteiger partial charge on any atom is 0.284 e. The maximum absolute atomic E-state index is 12.4. The Morgan fingerprint density at radius 2 is 2.15 bits per heavy atom. The van der Waals surface area contributed by atoms with Crippen LogP contribution < -0.4 is 5.32 Å². The van der Waals surface area contributed by atoms with E-state index in [9.17, 15) is 19.7 Å². The van der Waals surface area contributed by atoms with Gasteiger partial charge in [0.25, 0.3) is 11.6 Å². The molecule has 0 unspecified atom stereocenters. The van der Waals surface area contributed by atoms with Gasteiger partial charge < -0.3 is 10.2 Å². The third kappa shape index (κ3) is 2.96. The number of nitro groups is 1. The molecule has 106 valence electrons. The highest BCUT2D eigenvalue weighted by molar-refractivity contribution is 9.10. The number of carbonyl (C=O) groups is 2. The Balaban J connectivity index is 2.27. The van der Waals surface area contributed by atoms with Crippen molar-refractivity contribution in [3.8, 4) is 0 Å². The summed E-state index contributed by atoms with van der Waals surface area (Å²) in [5.74, 6) is -0.421. The minimum atomic E-state index is -0.547. The molecule has 1 aliphatic heterocycles. The van der Waals surface area contributed by atoms with Gasteiger partial charge in [0.15, 0.2) is 0 Å². The van der Waals surface area contributed by atoms with Crippen LogP contribution in [0.1, 0.15) is 16.8 Å². The summed E-state index contributed by atoms with van der Waals surface area (Å²) < 4.78 is 0.165. The Hall–Kier alpha value is -1.96. The molecule has 0 spiro atoms. The van der Waals surface area contributed by atoms with Crippen LogP contribution >= 0.6 is 15.9 Å². The molecule has 0 aromatic heterocycles. The standard InChI is InChI=1S/C12H12BrN3O4/c13-11-8(2-1-3-9(11)16(19)20)12(18)15-6-4-10(17)14-5-7-15/h1-3H,4-7H2,(H,14,17). The molecule has 1 aromatic carbocycles. The highest BCUT2D eigenvalue weighted by atomic mass is 79.9. The van der Waals surface area contributed by atoms with E-state index in [0.29, 0.717) is 19.6 Å². The first-order chi connectivity index (χ1) is 9.50. The van der Waals surface area contributed by atoms with Gasteiger partial charge in [0, 0.05) is 32.1 Å². The lowest BCUT2D eigenvalue weighted by Gasteiger charge is -2.20. The van der Waals surface area contributed by atoms with Crippen molar-refractivity contribution >= 4 is 33.4 Å². The summed E-state index contributed by atoms with van der Waals surface area (Å²) >= 11 is 3.11. The van der Waals surface area contributed by atoms with Crippen molar-refractivity contribution < 1.29 is 14.5 Å². The van der Waals surface area contributed by atoms with Gasteiger partial charge in [0.05, 0.1) is 10.5 Å². The number of halogens is 1. The van der Waals surface area contributed by atoms with Crippen molar-refractivity contribution in [1.29, 1.82) is 0 Å². The quantitative estimate of drug-likeness (QED) is 0.648. The van der Waals surface area contributed by atoms with Crippen LogP contribution in [0.5, 0.6) is 0 Å². The van der Waals surface area contributed by atoms with Gasteiger partial charge in [-0.2, -0.15) is 0 Å². The van der Waals surface area contributed by atoms with Gasteiger partial charge in [-0.15, -0.1) is 0 Å². The lowest BCUT2D eigenvalue weighted by Crippen LogP contribution is -2.34. The van der Waals surface area contributed by atoms with E-state index in [-0.39, 0.29) is 34.0 Å². The number of hydrogen-bond donors (Lipinski definition) is 1. The summed E-state index contributed by atoms with van der Waals surface area (Å²) in [7, 11) is 0. The average molecular weight is 342 g/mol. The van der Waals surface area contributed by atoms with Crippen LogP contribution in [0.3, 0.4) is 0 Å². The molecule has 2 amide bonds. The molecule has 1 heterocycles. The molecule has 0 aliphatic carbocycles. The molecule has 0 atom stereocenters. The fraction of sp³-hybridized carbons (Fsp3) is 0.333. The molecule has 1 aromatic rings. The molecule has 1 fully saturated rings. The molecule has 8 heteroatoms. The summed E-state index contributed by atoms with van der Waals surface area (Å²) in [6.45, 7) is 1.08. The summed E-state index contributed by atoms with van der Waals surface area (Å²) in [4.78, 5) is 35.5. The molecule has 1 saturated heterocycles. The van der Waals surface area contributed by atoms with Gasteiger partial charge in [-0.25, -0.2) is 0 Å². The van der Waals surface area contributed by atoms with E-state index in [4.69, 9.17) is 0 Å². The number of hydrogen-bond acceptors (Lipinski definition) is 4. The Morgan fingerprint density at radius 1 is 1.40 bits per heavy atom. The van der Waals surface area contributed by atoms with E-state index >= 15 is 0 Å². The second kappa shape index (κ2) is 6.00. The predicted molar refractivity (Wildman–Crippen MR) is 74.3 cm³/mol. The SMILES string of the molecule is O=C1CCN(C(=O)c2cccc([N+](=O)[O-])c2Br)CCN1. The summed E-state index contributed by atoms with van der Waals surface area (Å²) in [5, 5.41) is 13.5. The number of nitro benzene ring substituents is 1. The number of amides is 2. The fourth-order valence-corrected chi connectivity index (χ4v) is 2.55. The number of carbonyl (C=O) groups excluding carboxylic acids is 2. The highest BCUT2D eigenvalue weighted by Crippen LogP contribution is 2.29. The van der Waals surface area contributed by atoms with Crippen LogP contribution in [0.2, 0.25) is 0 Å². The van der Waals surface area contributed by atoms with Crippen molar-refractivity contribution in [2.75, 3.05) is 19.6 Å². The first kappa shape index (κ1) is 14.4. The maximum atomic E-state index is 12.4. The first-order valence-electron chi connectivity index (χ1n) is 5.99. The zero-order valence-corrected chi connectivity index (χ0v) is 12.1. The Labute approximate surface area is 123 Å². The molecule has 2 rings (SSSR count). The molecule has 7 nitrogen and oxygen atoms in total. The van der Waals surface area contributed by atoms with Gasteiger partial charge in [0.1, 0.15) is 4.47 Å². The summed E-state index contributed by atoms with van der Waals surface area (Å²) in [6.07, 6.45) is 0.234. The van der Waals surface area contributed by atoms with Crippen LogP contribution in [-0.2, 0) is 4.79 Å². The molecular weight excluding hydrogens is 330 g/mol. The van der Waals surface area contributed by atoms with Crippen molar-refractivity contribution in [2.24, 2.45) is 0 Å². The molecule has 1 aliphatic rings. The normalized spacial score (nSPS) is 15.4. The number of benzene rings is 1. The van der Waals surface area contributed by atoms with E-state index in [1.165, 1.54) is 23.1 Å². The molecule has 0 saturated carbocycles.